The SMILES string of the molecule is CC(C)(C)NC(=O)CN(c1ccc(N2CCCCC2)cc1)S(C)(=O)=O. The monoisotopic (exact) mass is 367 g/mol. The van der Waals surface area contributed by atoms with Crippen molar-refractivity contribution in [3.8, 4) is 0 Å². The molecule has 1 aromatic rings. The molecule has 1 N–H and O–H groups in total. The number of carbonyl (C=O) groups is 1. The Morgan fingerprint density at radius 1 is 1.12 bits per heavy atom. The fourth-order valence-electron chi connectivity index (χ4n) is 2.97. The Morgan fingerprint density at radius 3 is 2.16 bits per heavy atom. The van der Waals surface area contributed by atoms with E-state index in [9.17, 15) is 13.2 Å². The number of piperidine rings is 1. The molecule has 7 heteroatoms. The normalized spacial score (nSPS) is 15.8. The molecule has 1 aliphatic heterocycles. The van der Waals surface area contributed by atoms with Crippen molar-refractivity contribution in [2.45, 2.75) is 45.6 Å². The van der Waals surface area contributed by atoms with Crippen molar-refractivity contribution in [2.24, 2.45) is 0 Å². The van der Waals surface area contributed by atoms with Gasteiger partial charge in [-0.2, -0.15) is 0 Å². The van der Waals surface area contributed by atoms with Crippen LogP contribution in [0.2, 0.25) is 0 Å². The van der Waals surface area contributed by atoms with Gasteiger partial charge in [0.1, 0.15) is 6.54 Å². The van der Waals surface area contributed by atoms with Crippen LogP contribution in [0.4, 0.5) is 11.4 Å². The van der Waals surface area contributed by atoms with Gasteiger partial charge in [0.25, 0.3) is 0 Å². The molecule has 2 rings (SSSR count). The van der Waals surface area contributed by atoms with Crippen molar-refractivity contribution in [1.29, 1.82) is 0 Å². The molecule has 0 bridgehead atoms. The molecular formula is C18H29N3O3S. The Balaban J connectivity index is 2.16. The molecule has 1 aliphatic rings. The van der Waals surface area contributed by atoms with Gasteiger partial charge in [-0.3, -0.25) is 9.10 Å². The molecule has 1 amide bonds. The van der Waals surface area contributed by atoms with Gasteiger partial charge in [-0.1, -0.05) is 0 Å². The summed E-state index contributed by atoms with van der Waals surface area (Å²) in [7, 11) is -3.55. The molecule has 1 aromatic carbocycles. The molecule has 0 radical (unpaired) electrons. The average Bonchev–Trinajstić information content (AvgIpc) is 2.51. The lowest BCUT2D eigenvalue weighted by Crippen LogP contribution is -2.47. The minimum absolute atomic E-state index is 0.223. The highest BCUT2D eigenvalue weighted by Gasteiger charge is 2.23. The fourth-order valence-corrected chi connectivity index (χ4v) is 3.83. The maximum Gasteiger partial charge on any atom is 0.241 e. The van der Waals surface area contributed by atoms with E-state index in [0.29, 0.717) is 5.69 Å². The lowest BCUT2D eigenvalue weighted by atomic mass is 10.1. The zero-order valence-electron chi connectivity index (χ0n) is 15.6. The highest BCUT2D eigenvalue weighted by atomic mass is 32.2. The number of sulfonamides is 1. The van der Waals surface area contributed by atoms with Crippen LogP contribution in [0.15, 0.2) is 24.3 Å². The minimum Gasteiger partial charge on any atom is -0.372 e. The lowest BCUT2D eigenvalue weighted by molar-refractivity contribution is -0.121. The summed E-state index contributed by atoms with van der Waals surface area (Å²) in [6.07, 6.45) is 4.75. The third-order valence-electron chi connectivity index (χ3n) is 4.06. The Labute approximate surface area is 151 Å². The van der Waals surface area contributed by atoms with Gasteiger partial charge < -0.3 is 10.2 Å². The highest BCUT2D eigenvalue weighted by molar-refractivity contribution is 7.92. The largest absolute Gasteiger partial charge is 0.372 e. The first-order chi connectivity index (χ1) is 11.6. The van der Waals surface area contributed by atoms with Crippen molar-refractivity contribution in [2.75, 3.05) is 35.1 Å². The number of carbonyl (C=O) groups excluding carboxylic acids is 1. The Hall–Kier alpha value is -1.76. The number of nitrogens with zero attached hydrogens (tertiary/aromatic N) is 2. The van der Waals surface area contributed by atoms with Gasteiger partial charge in [-0.15, -0.1) is 0 Å². The number of rotatable bonds is 5. The number of anilines is 2. The second kappa shape index (κ2) is 7.64. The van der Waals surface area contributed by atoms with Gasteiger partial charge in [0.2, 0.25) is 15.9 Å². The Kier molecular flexibility index (Phi) is 5.98. The molecule has 6 nitrogen and oxygen atoms in total. The quantitative estimate of drug-likeness (QED) is 0.867. The van der Waals surface area contributed by atoms with E-state index in [1.807, 2.05) is 32.9 Å². The molecule has 0 saturated carbocycles. The molecule has 1 fully saturated rings. The van der Waals surface area contributed by atoms with E-state index in [2.05, 4.69) is 10.2 Å². The topological polar surface area (TPSA) is 69.7 Å². The zero-order valence-corrected chi connectivity index (χ0v) is 16.4. The van der Waals surface area contributed by atoms with Gasteiger partial charge in [-0.25, -0.2) is 8.42 Å². The van der Waals surface area contributed by atoms with Crippen LogP contribution in [-0.4, -0.2) is 45.8 Å². The van der Waals surface area contributed by atoms with Crippen molar-refractivity contribution in [1.82, 2.24) is 5.32 Å². The third kappa shape index (κ3) is 5.92. The number of benzene rings is 1. The summed E-state index contributed by atoms with van der Waals surface area (Å²) in [5.41, 5.74) is 1.20. The Bertz CT molecular complexity index is 687. The van der Waals surface area contributed by atoms with Gasteiger partial charge >= 0.3 is 0 Å². The van der Waals surface area contributed by atoms with Crippen LogP contribution in [0.5, 0.6) is 0 Å². The maximum atomic E-state index is 12.2. The summed E-state index contributed by atoms with van der Waals surface area (Å²) >= 11 is 0. The van der Waals surface area contributed by atoms with Crippen molar-refractivity contribution in [3.05, 3.63) is 24.3 Å². The second-order valence-electron chi connectivity index (χ2n) is 7.63. The predicted molar refractivity (Wildman–Crippen MR) is 103 cm³/mol. The average molecular weight is 368 g/mol. The van der Waals surface area contributed by atoms with E-state index < -0.39 is 15.6 Å². The van der Waals surface area contributed by atoms with Crippen LogP contribution in [0.1, 0.15) is 40.0 Å². The third-order valence-corrected chi connectivity index (χ3v) is 5.20. The molecule has 25 heavy (non-hydrogen) atoms. The van der Waals surface area contributed by atoms with Crippen molar-refractivity contribution in [3.63, 3.8) is 0 Å². The molecule has 0 spiro atoms. The van der Waals surface area contributed by atoms with E-state index >= 15 is 0 Å². The van der Waals surface area contributed by atoms with Crippen molar-refractivity contribution < 1.29 is 13.2 Å². The molecule has 140 valence electrons. The number of hydrogen-bond acceptors (Lipinski definition) is 4. The van der Waals surface area contributed by atoms with Crippen LogP contribution in [0.3, 0.4) is 0 Å². The molecule has 0 unspecified atom stereocenters. The number of amides is 1. The van der Waals surface area contributed by atoms with Crippen LogP contribution >= 0.6 is 0 Å². The minimum atomic E-state index is -3.55. The zero-order chi connectivity index (χ0) is 18.7. The van der Waals surface area contributed by atoms with Gasteiger partial charge in [0.05, 0.1) is 11.9 Å². The predicted octanol–water partition coefficient (Wildman–Crippen LogP) is 2.36. The van der Waals surface area contributed by atoms with Gasteiger partial charge in [0.15, 0.2) is 0 Å². The second-order valence-corrected chi connectivity index (χ2v) is 9.54. The maximum absolute atomic E-state index is 12.2. The first-order valence-corrected chi connectivity index (χ1v) is 10.5. The molecule has 1 heterocycles. The summed E-state index contributed by atoms with van der Waals surface area (Å²) in [6, 6.07) is 7.41. The number of hydrogen-bond donors (Lipinski definition) is 1. The van der Waals surface area contributed by atoms with Crippen molar-refractivity contribution >= 4 is 27.3 Å². The van der Waals surface area contributed by atoms with Crippen LogP contribution in [-0.2, 0) is 14.8 Å². The molecule has 1 saturated heterocycles. The molecule has 0 aliphatic carbocycles. The van der Waals surface area contributed by atoms with Crippen LogP contribution in [0.25, 0.3) is 0 Å². The summed E-state index contributed by atoms with van der Waals surface area (Å²) < 4.78 is 25.5. The van der Waals surface area contributed by atoms with Crippen LogP contribution in [0, 0.1) is 0 Å². The first kappa shape index (κ1) is 19.6. The summed E-state index contributed by atoms with van der Waals surface area (Å²) in [4.78, 5) is 14.5. The van der Waals surface area contributed by atoms with E-state index in [1.165, 1.54) is 19.3 Å². The highest BCUT2D eigenvalue weighted by Crippen LogP contribution is 2.24. The Morgan fingerprint density at radius 2 is 1.68 bits per heavy atom. The van der Waals surface area contributed by atoms with Crippen LogP contribution < -0.4 is 14.5 Å². The van der Waals surface area contributed by atoms with E-state index in [0.717, 1.165) is 29.3 Å². The van der Waals surface area contributed by atoms with E-state index in [4.69, 9.17) is 0 Å². The van der Waals surface area contributed by atoms with E-state index in [-0.39, 0.29) is 12.5 Å². The number of nitrogens with one attached hydrogen (secondary N) is 1. The first-order valence-electron chi connectivity index (χ1n) is 8.70. The fraction of sp³-hybridized carbons (Fsp3) is 0.611. The van der Waals surface area contributed by atoms with E-state index in [1.54, 1.807) is 12.1 Å². The summed E-state index contributed by atoms with van der Waals surface area (Å²) in [6.45, 7) is 7.43. The summed E-state index contributed by atoms with van der Waals surface area (Å²) in [5.74, 6) is -0.321. The molecular weight excluding hydrogens is 338 g/mol. The summed E-state index contributed by atoms with van der Waals surface area (Å²) in [5, 5.41) is 2.80. The molecule has 0 atom stereocenters. The lowest BCUT2D eigenvalue weighted by Gasteiger charge is -2.30. The molecule has 0 aromatic heterocycles. The van der Waals surface area contributed by atoms with Gasteiger partial charge in [0, 0.05) is 24.3 Å². The standard InChI is InChI=1S/C18H29N3O3S/c1-18(2,3)19-17(22)14-21(25(4,23)24)16-10-8-15(9-11-16)20-12-6-5-7-13-20/h8-11H,5-7,12-14H2,1-4H3,(H,19,22). The smallest absolute Gasteiger partial charge is 0.241 e. The van der Waals surface area contributed by atoms with Gasteiger partial charge in [-0.05, 0) is 64.3 Å².